The lowest BCUT2D eigenvalue weighted by atomic mass is 9.94. The highest BCUT2D eigenvalue weighted by Crippen LogP contribution is 2.34. The quantitative estimate of drug-likeness (QED) is 0.117. The first-order valence-electron chi connectivity index (χ1n) is 15.2. The van der Waals surface area contributed by atoms with Crippen LogP contribution in [-0.4, -0.2) is 21.9 Å². The van der Waals surface area contributed by atoms with E-state index in [9.17, 15) is 15.3 Å². The van der Waals surface area contributed by atoms with Gasteiger partial charge in [-0.05, 0) is 131 Å². The van der Waals surface area contributed by atoms with Crippen molar-refractivity contribution in [2.45, 2.75) is 32.1 Å². The summed E-state index contributed by atoms with van der Waals surface area (Å²) in [4.78, 5) is 0. The third-order valence-corrected chi connectivity index (χ3v) is 7.33. The molecule has 0 bridgehead atoms. The molecule has 0 aliphatic heterocycles. The molecule has 0 heterocycles. The van der Waals surface area contributed by atoms with E-state index in [4.69, 9.17) is 4.74 Å². The van der Waals surface area contributed by atoms with Gasteiger partial charge in [0.25, 0.3) is 0 Å². The van der Waals surface area contributed by atoms with E-state index >= 15 is 0 Å². The monoisotopic (exact) mass is 612 g/mol. The average molecular weight is 613 g/mol. The highest BCUT2D eigenvalue weighted by atomic mass is 16.5. The minimum atomic E-state index is 0.269. The number of ether oxygens (including phenoxy) is 1. The Balaban J connectivity index is 0.000000250. The predicted octanol–water partition coefficient (Wildman–Crippen LogP) is 10.0. The van der Waals surface area contributed by atoms with Crippen molar-refractivity contribution in [3.63, 3.8) is 0 Å². The molecule has 0 unspecified atom stereocenters. The summed E-state index contributed by atoms with van der Waals surface area (Å²) in [6.07, 6.45) is 13.9. The van der Waals surface area contributed by atoms with Crippen LogP contribution in [-0.2, 0) is 32.1 Å². The van der Waals surface area contributed by atoms with Gasteiger partial charge in [-0.25, -0.2) is 0 Å². The first-order valence-corrected chi connectivity index (χ1v) is 15.2. The van der Waals surface area contributed by atoms with Crippen molar-refractivity contribution in [3.05, 3.63) is 170 Å². The van der Waals surface area contributed by atoms with Crippen LogP contribution in [0.1, 0.15) is 27.8 Å². The molecule has 46 heavy (non-hydrogen) atoms. The largest absolute Gasteiger partial charge is 0.508 e. The summed E-state index contributed by atoms with van der Waals surface area (Å²) in [5.41, 5.74) is 8.60. The number of allylic oxidation sites excluding steroid dienone is 5. The highest BCUT2D eigenvalue weighted by Gasteiger charge is 2.12. The topological polar surface area (TPSA) is 69.9 Å². The van der Waals surface area contributed by atoms with Crippen LogP contribution < -0.4 is 4.74 Å². The second-order valence-corrected chi connectivity index (χ2v) is 10.7. The van der Waals surface area contributed by atoms with Gasteiger partial charge in [0.2, 0.25) is 0 Å². The molecule has 0 aliphatic rings. The lowest BCUT2D eigenvalue weighted by molar-refractivity contribution is 0.360. The van der Waals surface area contributed by atoms with Crippen molar-refractivity contribution < 1.29 is 20.1 Å². The van der Waals surface area contributed by atoms with Crippen LogP contribution in [0.5, 0.6) is 23.0 Å². The van der Waals surface area contributed by atoms with Gasteiger partial charge in [-0.1, -0.05) is 61.2 Å². The molecule has 0 fully saturated rings. The van der Waals surface area contributed by atoms with Gasteiger partial charge < -0.3 is 20.1 Å². The molecule has 4 nitrogen and oxygen atoms in total. The molecule has 4 heteroatoms. The Bertz CT molecular complexity index is 1680. The van der Waals surface area contributed by atoms with Crippen LogP contribution in [0, 0.1) is 0 Å². The van der Waals surface area contributed by atoms with Gasteiger partial charge in [-0.3, -0.25) is 0 Å². The molecule has 0 aromatic heterocycles. The van der Waals surface area contributed by atoms with Gasteiger partial charge in [0.15, 0.2) is 0 Å². The molecule has 4 aromatic carbocycles. The zero-order chi connectivity index (χ0) is 33.5. The smallest absolute Gasteiger partial charge is 0.123 e. The molecule has 4 rings (SSSR count). The van der Waals surface area contributed by atoms with Crippen molar-refractivity contribution in [1.82, 2.24) is 0 Å². The standard InChI is InChI=1S/2C21H22O2/c1-4-7-18-14-16(9-11-20(18)22)17-10-12-21(23-13-6-3)19(15-17)8-5-2;1-4-7-16-12-15(10-11-20(16)22)19-13-17(8-5-2)21(23)18(14-19)9-6-3/h4-6,9-12,14-15,22H,1-3,7-8,13H2;4-6,10-14,22-23H,1-3,7-9H2. The normalized spacial score (nSPS) is 10.2. The Morgan fingerprint density at radius 3 is 1.26 bits per heavy atom. The first-order chi connectivity index (χ1) is 22.3. The Morgan fingerprint density at radius 2 is 0.804 bits per heavy atom. The minimum absolute atomic E-state index is 0.269. The Hall–Kier alpha value is -5.48. The number of hydrogen-bond donors (Lipinski definition) is 3. The maximum absolute atomic E-state index is 10.4. The summed E-state index contributed by atoms with van der Waals surface area (Å²) in [6.45, 7) is 22.9. The number of rotatable bonds is 15. The lowest BCUT2D eigenvalue weighted by Crippen LogP contribution is -1.97. The van der Waals surface area contributed by atoms with Crippen molar-refractivity contribution in [3.8, 4) is 45.3 Å². The molecule has 0 atom stereocenters. The highest BCUT2D eigenvalue weighted by molar-refractivity contribution is 5.70. The van der Waals surface area contributed by atoms with E-state index in [1.54, 1.807) is 42.5 Å². The van der Waals surface area contributed by atoms with Gasteiger partial charge in [0.05, 0.1) is 0 Å². The molecular formula is C42H44O4. The molecule has 236 valence electrons. The molecule has 3 N–H and O–H groups in total. The van der Waals surface area contributed by atoms with Crippen molar-refractivity contribution in [2.24, 2.45) is 0 Å². The van der Waals surface area contributed by atoms with E-state index in [2.05, 4.69) is 45.5 Å². The summed E-state index contributed by atoms with van der Waals surface area (Å²) >= 11 is 0. The van der Waals surface area contributed by atoms with Crippen LogP contribution in [0.3, 0.4) is 0 Å². The number of aromatic hydroxyl groups is 3. The summed E-state index contributed by atoms with van der Waals surface area (Å²) in [6, 6.07) is 21.2. The summed E-state index contributed by atoms with van der Waals surface area (Å²) < 4.78 is 5.69. The maximum Gasteiger partial charge on any atom is 0.123 e. The molecule has 0 saturated heterocycles. The zero-order valence-corrected chi connectivity index (χ0v) is 26.6. The Kier molecular flexibility index (Phi) is 13.5. The summed E-state index contributed by atoms with van der Waals surface area (Å²) in [5, 5.41) is 30.2. The fourth-order valence-electron chi connectivity index (χ4n) is 5.08. The van der Waals surface area contributed by atoms with Crippen LogP contribution in [0.25, 0.3) is 22.3 Å². The van der Waals surface area contributed by atoms with E-state index in [0.29, 0.717) is 43.8 Å². The van der Waals surface area contributed by atoms with Crippen molar-refractivity contribution in [2.75, 3.05) is 6.61 Å². The van der Waals surface area contributed by atoms with E-state index in [-0.39, 0.29) is 5.75 Å². The molecule has 0 radical (unpaired) electrons. The van der Waals surface area contributed by atoms with Gasteiger partial charge >= 0.3 is 0 Å². The lowest BCUT2D eigenvalue weighted by Gasteiger charge is -2.13. The molecular weight excluding hydrogens is 568 g/mol. The van der Waals surface area contributed by atoms with E-state index in [0.717, 1.165) is 62.2 Å². The molecule has 0 amide bonds. The molecule has 0 saturated carbocycles. The summed E-state index contributed by atoms with van der Waals surface area (Å²) in [5.74, 6) is 1.72. The molecule has 4 aromatic rings. The minimum Gasteiger partial charge on any atom is -0.508 e. The second kappa shape index (κ2) is 17.7. The fraction of sp³-hybridized carbons (Fsp3) is 0.143. The van der Waals surface area contributed by atoms with E-state index < -0.39 is 0 Å². The number of phenolic OH excluding ortho intramolecular Hbond substituents is 3. The number of hydrogen-bond acceptors (Lipinski definition) is 4. The van der Waals surface area contributed by atoms with Crippen molar-refractivity contribution >= 4 is 0 Å². The SMILES string of the molecule is C=CCOc1ccc(-c2ccc(O)c(CC=C)c2)cc1CC=C.C=CCc1cc(-c2cc(CC=C)c(O)c(CC=C)c2)ccc1O. The van der Waals surface area contributed by atoms with Gasteiger partial charge in [-0.15, -0.1) is 32.9 Å². The van der Waals surface area contributed by atoms with Crippen LogP contribution in [0.15, 0.2) is 143 Å². The van der Waals surface area contributed by atoms with Gasteiger partial charge in [0, 0.05) is 0 Å². The van der Waals surface area contributed by atoms with E-state index in [1.165, 1.54) is 0 Å². The summed E-state index contributed by atoms with van der Waals surface area (Å²) in [7, 11) is 0. The second-order valence-electron chi connectivity index (χ2n) is 10.7. The third-order valence-electron chi connectivity index (χ3n) is 7.33. The van der Waals surface area contributed by atoms with E-state index in [1.807, 2.05) is 54.6 Å². The zero-order valence-electron chi connectivity index (χ0n) is 26.6. The van der Waals surface area contributed by atoms with Gasteiger partial charge in [-0.2, -0.15) is 0 Å². The Labute approximate surface area is 274 Å². The van der Waals surface area contributed by atoms with Gasteiger partial charge in [0.1, 0.15) is 29.6 Å². The van der Waals surface area contributed by atoms with Crippen LogP contribution in [0.4, 0.5) is 0 Å². The van der Waals surface area contributed by atoms with Crippen LogP contribution in [0.2, 0.25) is 0 Å². The maximum atomic E-state index is 10.4. The molecule has 0 spiro atoms. The Morgan fingerprint density at radius 1 is 0.435 bits per heavy atom. The molecule has 0 aliphatic carbocycles. The average Bonchev–Trinajstić information content (AvgIpc) is 3.05. The fourth-order valence-corrected chi connectivity index (χ4v) is 5.08. The van der Waals surface area contributed by atoms with Crippen LogP contribution >= 0.6 is 0 Å². The van der Waals surface area contributed by atoms with Crippen molar-refractivity contribution in [1.29, 1.82) is 0 Å². The third kappa shape index (κ3) is 9.26. The number of benzene rings is 4. The first kappa shape index (κ1) is 35.0. The predicted molar refractivity (Wildman–Crippen MR) is 194 cm³/mol. The number of phenols is 3.